The number of nitrogens with one attached hydrogen (secondary N) is 1. The third kappa shape index (κ3) is 14.2. The van der Waals surface area contributed by atoms with Gasteiger partial charge in [0, 0.05) is 11.5 Å². The smallest absolute Gasteiger partial charge is 0.222 e. The van der Waals surface area contributed by atoms with Crippen LogP contribution in [-0.4, -0.2) is 11.4 Å². The van der Waals surface area contributed by atoms with E-state index in [0.717, 1.165) is 37.0 Å². The van der Waals surface area contributed by atoms with Gasteiger partial charge in [-0.15, -0.1) is 0 Å². The Bertz CT molecular complexity index is 377. The van der Waals surface area contributed by atoms with Gasteiger partial charge in [0.05, 0.1) is 0 Å². The number of hydrogen-bond acceptors (Lipinski definition) is 1. The van der Waals surface area contributed by atoms with Crippen LogP contribution >= 0.6 is 0 Å². The summed E-state index contributed by atoms with van der Waals surface area (Å²) in [5.74, 6) is 2.81. The molecule has 0 saturated heterocycles. The second kappa shape index (κ2) is 14.5. The molecule has 0 aromatic heterocycles. The van der Waals surface area contributed by atoms with Crippen LogP contribution in [0.25, 0.3) is 0 Å². The highest BCUT2D eigenvalue weighted by Crippen LogP contribution is 2.25. The Morgan fingerprint density at radius 1 is 0.778 bits per heavy atom. The van der Waals surface area contributed by atoms with Crippen molar-refractivity contribution in [2.24, 2.45) is 23.7 Å². The standard InChI is InChI=1S/C25H51NO/c1-9-18-25(8,26-24(27)21(4)5)19-12-17-23(7)16-11-15-22(6)14-10-13-20(2)3/h20-23H,9-19H2,1-8H3,(H,26,27). The Balaban J connectivity index is 4.04. The van der Waals surface area contributed by atoms with Gasteiger partial charge in [-0.2, -0.15) is 0 Å². The Morgan fingerprint density at radius 3 is 1.70 bits per heavy atom. The number of carbonyl (C=O) groups is 1. The summed E-state index contributed by atoms with van der Waals surface area (Å²) in [5, 5.41) is 3.31. The van der Waals surface area contributed by atoms with Crippen molar-refractivity contribution >= 4 is 5.91 Å². The lowest BCUT2D eigenvalue weighted by molar-refractivity contribution is -0.126. The first-order valence-corrected chi connectivity index (χ1v) is 11.9. The molecule has 1 amide bonds. The fourth-order valence-electron chi connectivity index (χ4n) is 4.06. The number of amides is 1. The molecule has 2 nitrogen and oxygen atoms in total. The molecule has 1 N–H and O–H groups in total. The average Bonchev–Trinajstić information content (AvgIpc) is 2.54. The zero-order valence-electron chi connectivity index (χ0n) is 20.0. The fourth-order valence-corrected chi connectivity index (χ4v) is 4.06. The second-order valence-electron chi connectivity index (χ2n) is 10.3. The lowest BCUT2D eigenvalue weighted by Gasteiger charge is -2.32. The molecular formula is C25H51NO. The molecule has 0 spiro atoms. The number of carbonyl (C=O) groups excluding carboxylic acids is 1. The summed E-state index contributed by atoms with van der Waals surface area (Å²) in [6.07, 6.45) is 14.1. The maximum atomic E-state index is 12.1. The van der Waals surface area contributed by atoms with Crippen LogP contribution in [0, 0.1) is 23.7 Å². The van der Waals surface area contributed by atoms with Crippen LogP contribution in [0.5, 0.6) is 0 Å². The monoisotopic (exact) mass is 381 g/mol. The summed E-state index contributed by atoms with van der Waals surface area (Å²) >= 11 is 0. The third-order valence-electron chi connectivity index (χ3n) is 6.05. The quantitative estimate of drug-likeness (QED) is 0.291. The summed E-state index contributed by atoms with van der Waals surface area (Å²) in [4.78, 5) is 12.1. The molecule has 0 aliphatic carbocycles. The van der Waals surface area contributed by atoms with Gasteiger partial charge in [0.15, 0.2) is 0 Å². The summed E-state index contributed by atoms with van der Waals surface area (Å²) in [5.41, 5.74) is -0.0270. The third-order valence-corrected chi connectivity index (χ3v) is 6.05. The molecule has 0 saturated carbocycles. The van der Waals surface area contributed by atoms with Crippen molar-refractivity contribution in [3.05, 3.63) is 0 Å². The molecule has 0 rings (SSSR count). The van der Waals surface area contributed by atoms with E-state index in [1.165, 1.54) is 51.4 Å². The second-order valence-corrected chi connectivity index (χ2v) is 10.3. The number of rotatable bonds is 16. The van der Waals surface area contributed by atoms with Crippen LogP contribution in [0.2, 0.25) is 0 Å². The van der Waals surface area contributed by atoms with Gasteiger partial charge in [0.25, 0.3) is 0 Å². The molecule has 0 bridgehead atoms. The van der Waals surface area contributed by atoms with Crippen molar-refractivity contribution < 1.29 is 4.79 Å². The molecule has 0 aliphatic heterocycles. The molecule has 162 valence electrons. The first-order chi connectivity index (χ1) is 12.6. The largest absolute Gasteiger partial charge is 0.351 e. The molecule has 3 unspecified atom stereocenters. The zero-order chi connectivity index (χ0) is 20.9. The lowest BCUT2D eigenvalue weighted by atomic mass is 9.86. The molecule has 0 aromatic rings. The summed E-state index contributed by atoms with van der Waals surface area (Å²) in [6.45, 7) is 17.9. The van der Waals surface area contributed by atoms with E-state index >= 15 is 0 Å². The fraction of sp³-hybridized carbons (Fsp3) is 0.960. The van der Waals surface area contributed by atoms with Crippen LogP contribution < -0.4 is 5.32 Å². The molecule has 0 heterocycles. The van der Waals surface area contributed by atoms with Crippen LogP contribution in [0.3, 0.4) is 0 Å². The molecule has 0 fully saturated rings. The summed E-state index contributed by atoms with van der Waals surface area (Å²) in [6, 6.07) is 0. The van der Waals surface area contributed by atoms with E-state index < -0.39 is 0 Å². The molecule has 27 heavy (non-hydrogen) atoms. The molecule has 3 atom stereocenters. The van der Waals surface area contributed by atoms with Gasteiger partial charge in [-0.1, -0.05) is 106 Å². The van der Waals surface area contributed by atoms with Gasteiger partial charge in [-0.3, -0.25) is 4.79 Å². The molecule has 0 aromatic carbocycles. The lowest BCUT2D eigenvalue weighted by Crippen LogP contribution is -2.47. The normalized spacial score (nSPS) is 16.4. The summed E-state index contributed by atoms with van der Waals surface area (Å²) < 4.78 is 0. The topological polar surface area (TPSA) is 29.1 Å². The predicted molar refractivity (Wildman–Crippen MR) is 121 cm³/mol. The van der Waals surface area contributed by atoms with Gasteiger partial charge < -0.3 is 5.32 Å². The van der Waals surface area contributed by atoms with Gasteiger partial charge in [0.1, 0.15) is 0 Å². The minimum atomic E-state index is -0.0270. The van der Waals surface area contributed by atoms with E-state index in [0.29, 0.717) is 0 Å². The van der Waals surface area contributed by atoms with Crippen LogP contribution in [0.4, 0.5) is 0 Å². The maximum Gasteiger partial charge on any atom is 0.222 e. The maximum absolute atomic E-state index is 12.1. The van der Waals surface area contributed by atoms with Gasteiger partial charge in [-0.25, -0.2) is 0 Å². The highest BCUT2D eigenvalue weighted by molar-refractivity contribution is 5.78. The Morgan fingerprint density at radius 2 is 1.26 bits per heavy atom. The van der Waals surface area contributed by atoms with E-state index in [4.69, 9.17) is 0 Å². The van der Waals surface area contributed by atoms with Crippen LogP contribution in [-0.2, 0) is 4.79 Å². The molecule has 0 aliphatic rings. The minimum absolute atomic E-state index is 0.0270. The molecule has 0 radical (unpaired) electrons. The van der Waals surface area contributed by atoms with E-state index in [2.05, 4.69) is 46.9 Å². The minimum Gasteiger partial charge on any atom is -0.351 e. The molecule has 2 heteroatoms. The van der Waals surface area contributed by atoms with Crippen molar-refractivity contribution in [1.29, 1.82) is 0 Å². The molecular weight excluding hydrogens is 330 g/mol. The van der Waals surface area contributed by atoms with Crippen molar-refractivity contribution in [2.45, 2.75) is 132 Å². The Kier molecular flexibility index (Phi) is 14.2. The highest BCUT2D eigenvalue weighted by atomic mass is 16.2. The predicted octanol–water partition coefficient (Wildman–Crippen LogP) is 7.76. The summed E-state index contributed by atoms with van der Waals surface area (Å²) in [7, 11) is 0. The first kappa shape index (κ1) is 26.5. The van der Waals surface area contributed by atoms with E-state index in [1.54, 1.807) is 0 Å². The first-order valence-electron chi connectivity index (χ1n) is 11.9. The van der Waals surface area contributed by atoms with E-state index in [1.807, 2.05) is 13.8 Å². The average molecular weight is 382 g/mol. The number of hydrogen-bond donors (Lipinski definition) is 1. The van der Waals surface area contributed by atoms with Crippen LogP contribution in [0.1, 0.15) is 126 Å². The van der Waals surface area contributed by atoms with Gasteiger partial charge >= 0.3 is 0 Å². The van der Waals surface area contributed by atoms with Crippen molar-refractivity contribution in [1.82, 2.24) is 5.32 Å². The highest BCUT2D eigenvalue weighted by Gasteiger charge is 2.26. The van der Waals surface area contributed by atoms with E-state index in [9.17, 15) is 4.79 Å². The van der Waals surface area contributed by atoms with Crippen molar-refractivity contribution in [2.75, 3.05) is 0 Å². The van der Waals surface area contributed by atoms with Crippen molar-refractivity contribution in [3.63, 3.8) is 0 Å². The SMILES string of the molecule is CCCC(C)(CCCC(C)CCCC(C)CCCC(C)C)NC(=O)C(C)C. The van der Waals surface area contributed by atoms with Crippen molar-refractivity contribution in [3.8, 4) is 0 Å². The zero-order valence-corrected chi connectivity index (χ0v) is 20.0. The Labute approximate surface area is 171 Å². The van der Waals surface area contributed by atoms with Gasteiger partial charge in [0.2, 0.25) is 5.91 Å². The van der Waals surface area contributed by atoms with E-state index in [-0.39, 0.29) is 17.4 Å². The Hall–Kier alpha value is -0.530. The van der Waals surface area contributed by atoms with Crippen LogP contribution in [0.15, 0.2) is 0 Å². The van der Waals surface area contributed by atoms with Gasteiger partial charge in [-0.05, 0) is 37.5 Å².